The standard InChI is InChI=1S/C33H40N6O7S/c1-8-19-17-33(19,28(41)42)36-26(40)23-16-20(18-38(23)30(44)39(31(2,3)4)37-29(43)46-32(5,6)7)45-27-25(24-14-11-15-47-24)34-21-12-9-10-13-22(21)35-27/h8-15,19-20,23H,1,16-18H2,2-7H3,(H,36,40)(H,37,43)(H,41,42)/t19-,20-,23+,33+/m1/s1. The molecule has 47 heavy (non-hydrogen) atoms. The number of carbonyl (C=O) groups is 4. The molecular formula is C33H40N6O7S. The van der Waals surface area contributed by atoms with Crippen molar-refractivity contribution in [2.45, 2.75) is 83.2 Å². The molecule has 2 aromatic heterocycles. The second kappa shape index (κ2) is 12.5. The van der Waals surface area contributed by atoms with Crippen LogP contribution in [0.25, 0.3) is 21.6 Å². The van der Waals surface area contributed by atoms with Gasteiger partial charge in [-0.3, -0.25) is 4.79 Å². The first-order chi connectivity index (χ1) is 22.0. The summed E-state index contributed by atoms with van der Waals surface area (Å²) in [5.74, 6) is -2.07. The molecule has 4 amide bonds. The molecule has 13 nitrogen and oxygen atoms in total. The van der Waals surface area contributed by atoms with E-state index in [2.05, 4.69) is 17.3 Å². The third kappa shape index (κ3) is 7.17. The largest absolute Gasteiger partial charge is 0.479 e. The summed E-state index contributed by atoms with van der Waals surface area (Å²) < 4.78 is 11.8. The number of aromatic nitrogens is 2. The number of hydrazine groups is 1. The zero-order valence-corrected chi connectivity index (χ0v) is 28.1. The van der Waals surface area contributed by atoms with E-state index in [9.17, 15) is 24.3 Å². The number of urea groups is 1. The fourth-order valence-electron chi connectivity index (χ4n) is 5.48. The van der Waals surface area contributed by atoms with Crippen molar-refractivity contribution in [3.8, 4) is 16.5 Å². The first-order valence-electron chi connectivity index (χ1n) is 15.3. The summed E-state index contributed by atoms with van der Waals surface area (Å²) in [5, 5.41) is 15.7. The second-order valence-corrected chi connectivity index (χ2v) is 14.6. The van der Waals surface area contributed by atoms with Crippen LogP contribution in [-0.2, 0) is 14.3 Å². The third-order valence-corrected chi connectivity index (χ3v) is 8.75. The number of rotatable bonds is 7. The summed E-state index contributed by atoms with van der Waals surface area (Å²) >= 11 is 1.47. The fraction of sp³-hybridized carbons (Fsp3) is 0.455. The Balaban J connectivity index is 1.48. The van der Waals surface area contributed by atoms with Gasteiger partial charge in [-0.25, -0.2) is 34.8 Å². The smallest absolute Gasteiger partial charge is 0.426 e. The van der Waals surface area contributed by atoms with Crippen molar-refractivity contribution in [3.05, 3.63) is 54.4 Å². The van der Waals surface area contributed by atoms with Gasteiger partial charge in [0.05, 0.1) is 28.0 Å². The summed E-state index contributed by atoms with van der Waals surface area (Å²) in [6.45, 7) is 13.9. The van der Waals surface area contributed by atoms with Gasteiger partial charge in [-0.1, -0.05) is 24.3 Å². The molecule has 3 N–H and O–H groups in total. The van der Waals surface area contributed by atoms with Crippen molar-refractivity contribution >= 4 is 46.4 Å². The zero-order valence-electron chi connectivity index (χ0n) is 27.3. The van der Waals surface area contributed by atoms with Crippen molar-refractivity contribution in [1.29, 1.82) is 0 Å². The third-order valence-electron chi connectivity index (χ3n) is 7.87. The molecule has 0 unspecified atom stereocenters. The van der Waals surface area contributed by atoms with Crippen LogP contribution in [0, 0.1) is 5.92 Å². The summed E-state index contributed by atoms with van der Waals surface area (Å²) in [6, 6.07) is 9.33. The van der Waals surface area contributed by atoms with Gasteiger partial charge in [0.2, 0.25) is 11.8 Å². The van der Waals surface area contributed by atoms with Crippen LogP contribution in [0.4, 0.5) is 9.59 Å². The lowest BCUT2D eigenvalue weighted by atomic mass is 10.1. The predicted molar refractivity (Wildman–Crippen MR) is 176 cm³/mol. The van der Waals surface area contributed by atoms with Gasteiger partial charge in [0.1, 0.15) is 29.0 Å². The van der Waals surface area contributed by atoms with E-state index in [1.54, 1.807) is 41.5 Å². The number of carbonyl (C=O) groups excluding carboxylic acids is 3. The van der Waals surface area contributed by atoms with E-state index in [4.69, 9.17) is 19.4 Å². The molecule has 14 heteroatoms. The molecule has 1 saturated heterocycles. The van der Waals surface area contributed by atoms with E-state index in [0.29, 0.717) is 16.7 Å². The Bertz CT molecular complexity index is 1700. The van der Waals surface area contributed by atoms with E-state index in [1.807, 2.05) is 41.8 Å². The molecule has 1 aliphatic carbocycles. The van der Waals surface area contributed by atoms with Crippen LogP contribution in [0.15, 0.2) is 54.4 Å². The maximum Gasteiger partial charge on any atom is 0.426 e. The average molecular weight is 665 g/mol. The lowest BCUT2D eigenvalue weighted by Gasteiger charge is -2.39. The van der Waals surface area contributed by atoms with Crippen LogP contribution in [0.3, 0.4) is 0 Å². The van der Waals surface area contributed by atoms with Gasteiger partial charge >= 0.3 is 18.1 Å². The maximum absolute atomic E-state index is 14.3. The van der Waals surface area contributed by atoms with Gasteiger partial charge < -0.3 is 24.8 Å². The summed E-state index contributed by atoms with van der Waals surface area (Å²) in [6.07, 6.45) is 0.118. The highest BCUT2D eigenvalue weighted by Crippen LogP contribution is 2.45. The van der Waals surface area contributed by atoms with Crippen molar-refractivity contribution in [2.75, 3.05) is 6.54 Å². The monoisotopic (exact) mass is 664 g/mol. The normalized spacial score (nSPS) is 22.3. The van der Waals surface area contributed by atoms with Crippen LogP contribution < -0.4 is 15.5 Å². The number of nitrogens with zero attached hydrogens (tertiary/aromatic N) is 4. The zero-order chi connectivity index (χ0) is 34.3. The number of aliphatic carboxylic acids is 1. The summed E-state index contributed by atoms with van der Waals surface area (Å²) in [7, 11) is 0. The van der Waals surface area contributed by atoms with Crippen LogP contribution in [0.5, 0.6) is 5.88 Å². The molecule has 3 heterocycles. The van der Waals surface area contributed by atoms with Gasteiger partial charge in [0.25, 0.3) is 0 Å². The number of nitrogens with one attached hydrogen (secondary N) is 2. The number of amides is 4. The maximum atomic E-state index is 14.3. The van der Waals surface area contributed by atoms with E-state index >= 15 is 0 Å². The molecular weight excluding hydrogens is 624 g/mol. The molecule has 5 rings (SSSR count). The number of thiophene rings is 1. The van der Waals surface area contributed by atoms with Gasteiger partial charge in [0.15, 0.2) is 0 Å². The minimum absolute atomic E-state index is 0.0227. The number of carboxylic acids is 1. The molecule has 2 fully saturated rings. The molecule has 1 aromatic carbocycles. The van der Waals surface area contributed by atoms with Gasteiger partial charge in [-0.05, 0) is 71.5 Å². The first kappa shape index (κ1) is 33.6. The Hall–Kier alpha value is -4.72. The molecule has 250 valence electrons. The Morgan fingerprint density at radius 3 is 2.32 bits per heavy atom. The van der Waals surface area contributed by atoms with Gasteiger partial charge in [-0.15, -0.1) is 17.9 Å². The van der Waals surface area contributed by atoms with Gasteiger partial charge in [-0.2, -0.15) is 0 Å². The Kier molecular flexibility index (Phi) is 8.93. The van der Waals surface area contributed by atoms with Crippen LogP contribution in [0.1, 0.15) is 54.4 Å². The molecule has 3 aromatic rings. The highest BCUT2D eigenvalue weighted by atomic mass is 32.1. The number of ether oxygens (including phenoxy) is 2. The molecule has 0 bridgehead atoms. The lowest BCUT2D eigenvalue weighted by molar-refractivity contribution is -0.144. The highest BCUT2D eigenvalue weighted by Gasteiger charge is 2.61. The van der Waals surface area contributed by atoms with Crippen LogP contribution >= 0.6 is 11.3 Å². The number of hydrogen-bond donors (Lipinski definition) is 3. The molecule has 1 saturated carbocycles. The van der Waals surface area contributed by atoms with Gasteiger partial charge in [0, 0.05) is 12.3 Å². The fourth-order valence-corrected chi connectivity index (χ4v) is 6.19. The topological polar surface area (TPSA) is 163 Å². The molecule has 0 radical (unpaired) electrons. The molecule has 2 aliphatic rings. The minimum atomic E-state index is -1.51. The average Bonchev–Trinajstić information content (AvgIpc) is 3.29. The Morgan fingerprint density at radius 2 is 1.77 bits per heavy atom. The molecule has 0 spiro atoms. The van der Waals surface area contributed by atoms with Crippen LogP contribution in [0.2, 0.25) is 0 Å². The minimum Gasteiger partial charge on any atom is -0.479 e. The number of benzene rings is 1. The number of hydrogen-bond acceptors (Lipinski definition) is 9. The quantitative estimate of drug-likeness (QED) is 0.233. The number of carboxylic acid groups (broad SMARTS) is 1. The number of para-hydroxylation sites is 2. The van der Waals surface area contributed by atoms with Crippen LogP contribution in [-0.4, -0.2) is 84.4 Å². The Labute approximate surface area is 276 Å². The first-order valence-corrected chi connectivity index (χ1v) is 16.2. The van der Waals surface area contributed by atoms with E-state index in [-0.39, 0.29) is 25.3 Å². The van der Waals surface area contributed by atoms with Crippen molar-refractivity contribution < 1.29 is 33.8 Å². The SMILES string of the molecule is C=C[C@@H]1C[C@@]1(NC(=O)[C@@H]1C[C@@H](Oc2nc3ccccc3nc2-c2cccs2)CN1C(=O)N(NC(=O)OC(C)(C)C)C(C)(C)C)C(=O)O. The van der Waals surface area contributed by atoms with Crippen molar-refractivity contribution in [3.63, 3.8) is 0 Å². The molecule has 1 aliphatic heterocycles. The second-order valence-electron chi connectivity index (χ2n) is 13.7. The van der Waals surface area contributed by atoms with Crippen molar-refractivity contribution in [1.82, 2.24) is 30.6 Å². The summed E-state index contributed by atoms with van der Waals surface area (Å²) in [4.78, 5) is 64.8. The predicted octanol–water partition coefficient (Wildman–Crippen LogP) is 4.99. The number of likely N-dealkylation sites (tertiary alicyclic amines) is 1. The van der Waals surface area contributed by atoms with E-state index in [0.717, 1.165) is 9.89 Å². The van der Waals surface area contributed by atoms with E-state index in [1.165, 1.54) is 22.3 Å². The number of fused-ring (bicyclic) bond motifs is 1. The van der Waals surface area contributed by atoms with Crippen molar-refractivity contribution in [2.24, 2.45) is 5.92 Å². The Morgan fingerprint density at radius 1 is 1.09 bits per heavy atom. The molecule has 4 atom stereocenters. The highest BCUT2D eigenvalue weighted by molar-refractivity contribution is 7.13. The summed E-state index contributed by atoms with van der Waals surface area (Å²) in [5.41, 5.74) is 1.05. The lowest BCUT2D eigenvalue weighted by Crippen LogP contribution is -2.62. The van der Waals surface area contributed by atoms with E-state index < -0.39 is 58.7 Å².